The Balaban J connectivity index is -0.00000552. The molecule has 91 heavy (non-hydrogen) atoms. The normalized spacial score (nSPS) is 12.8. The smallest absolute Gasteiger partial charge is 0.326 e. The van der Waals surface area contributed by atoms with Crippen LogP contribution in [0.5, 0.6) is 5.75 Å². The number of carbonyl (C=O) groups is 9. The maximum Gasteiger partial charge on any atom is 0.326 e. The van der Waals surface area contributed by atoms with Gasteiger partial charge in [0.2, 0.25) is 29.5 Å². The Bertz CT molecular complexity index is 2330. The van der Waals surface area contributed by atoms with Crippen LogP contribution in [0.1, 0.15) is 194 Å². The van der Waals surface area contributed by atoms with Crippen molar-refractivity contribution in [1.29, 1.82) is 0 Å². The van der Waals surface area contributed by atoms with Gasteiger partial charge in [0, 0.05) is 95.9 Å². The van der Waals surface area contributed by atoms with Gasteiger partial charge in [0.25, 0.3) is 0 Å². The van der Waals surface area contributed by atoms with Gasteiger partial charge in [0.1, 0.15) is 42.6 Å². The van der Waals surface area contributed by atoms with Gasteiger partial charge < -0.3 is 77.6 Å². The Morgan fingerprint density at radius 3 is 1.68 bits per heavy atom. The van der Waals surface area contributed by atoms with Crippen molar-refractivity contribution in [2.24, 2.45) is 45.9 Å². The van der Waals surface area contributed by atoms with Crippen LogP contribution < -0.4 is 38.5 Å². The number of carbonyl (C=O) groups excluding carboxylic acids is 7. The fourth-order valence-electron chi connectivity index (χ4n) is 10.2. The first kappa shape index (κ1) is 82.3. The van der Waals surface area contributed by atoms with E-state index in [1.54, 1.807) is 26.1 Å². The summed E-state index contributed by atoms with van der Waals surface area (Å²) in [5.41, 5.74) is 18.0. The van der Waals surface area contributed by atoms with E-state index in [0.717, 1.165) is 38.5 Å². The highest BCUT2D eigenvalue weighted by atomic mass is 16.5. The van der Waals surface area contributed by atoms with E-state index in [4.69, 9.17) is 41.3 Å². The quantitative estimate of drug-likeness (QED) is 0.0175. The zero-order valence-electron chi connectivity index (χ0n) is 55.1. The zero-order valence-corrected chi connectivity index (χ0v) is 55.1. The van der Waals surface area contributed by atoms with Gasteiger partial charge in [-0.3, -0.25) is 43.3 Å². The molecule has 528 valence electrons. The number of carboxylic acids is 2. The van der Waals surface area contributed by atoms with E-state index in [-0.39, 0.29) is 171 Å². The second-order valence-electron chi connectivity index (χ2n) is 24.0. The fourth-order valence-corrected chi connectivity index (χ4v) is 10.2. The van der Waals surface area contributed by atoms with Gasteiger partial charge in [-0.2, -0.15) is 0 Å². The number of phenols is 1. The highest BCUT2D eigenvalue weighted by Crippen LogP contribution is 2.28. The van der Waals surface area contributed by atoms with Crippen LogP contribution in [-0.4, -0.2) is 177 Å². The Kier molecular flexibility index (Phi) is 46.9. The largest absolute Gasteiger partial charge is 0.508 e. The van der Waals surface area contributed by atoms with Crippen molar-refractivity contribution in [2.45, 2.75) is 200 Å². The van der Waals surface area contributed by atoms with Crippen LogP contribution in [0.2, 0.25) is 0 Å². The lowest BCUT2D eigenvalue weighted by atomic mass is 9.78. The lowest BCUT2D eigenvalue weighted by Crippen LogP contribution is -2.49. The van der Waals surface area contributed by atoms with E-state index in [9.17, 15) is 53.4 Å². The summed E-state index contributed by atoms with van der Waals surface area (Å²) in [6, 6.07) is 4.10. The van der Waals surface area contributed by atoms with E-state index in [0.29, 0.717) is 49.9 Å². The number of benzene rings is 1. The molecular weight excluding hydrogens is 1170 g/mol. The minimum absolute atomic E-state index is 0. The molecule has 5 atom stereocenters. The standard InChI is InChI=1S/C66H113N9O16.5H2/c1-48(2)43-54(77)45-52(62(83)50(4)55(25-22-33-72-66(68)69)64(85)74-57(63(67)84)44-51-27-29-53(76)30-28-51)24-20-21-36-75(5)60(80)47-91-42-40-89-38-35-71-59(79)46-90-41-39-88-37-34-70-58(78)32-31-56(65(86)87)73-49(3)23-18-16-14-12-10-8-6-7-9-11-13-15-17-19-26-61(81)82;;;;;/h27-30,48,50,52,55-57,73,76H,3,6-26,31-47H2,1-2,4-5H3,(H2,67,84)(H,70,78)(H,71,79)(H,74,85)(H,81,82)(H,86,87)(H4,68,69,72);5*1H/t50?,52-,55-,56+,57+;;;;;/m1...../s1. The number of hydrogen-bond acceptors (Lipinski definition) is 16. The summed E-state index contributed by atoms with van der Waals surface area (Å²) in [7, 11) is 1.64. The first-order chi connectivity index (χ1) is 43.5. The molecule has 1 aromatic rings. The number of aliphatic carboxylic acids is 2. The number of hydrogen-bond donors (Lipinski definition) is 10. The van der Waals surface area contributed by atoms with Gasteiger partial charge in [-0.1, -0.05) is 123 Å². The second kappa shape index (κ2) is 51.9. The minimum Gasteiger partial charge on any atom is -0.508 e. The SMILES string of the molecule is C=C(CCCCCCCCCCCCCCCCC(=O)O)N[C@@H](CCC(=O)NCCOCCOCC(=O)NCCOCCOCC(=O)N(C)CCCC[C@H](CC(=O)CC(C)C)C(=O)C(C)[C@@H](CCCN=C(N)N)C(=O)N[C@@H](Cc1ccc(O)cc1)C(N)=O)C(=O)O.[HH].[HH].[HH].[HH].[HH]. The van der Waals surface area contributed by atoms with Crippen LogP contribution >= 0.6 is 0 Å². The van der Waals surface area contributed by atoms with Crippen LogP contribution in [0.4, 0.5) is 0 Å². The van der Waals surface area contributed by atoms with Crippen molar-refractivity contribution in [3.63, 3.8) is 0 Å². The summed E-state index contributed by atoms with van der Waals surface area (Å²) in [5, 5.41) is 39.2. The number of aliphatic imine (C=N–C) groups is 1. The van der Waals surface area contributed by atoms with Crippen molar-refractivity contribution in [3.05, 3.63) is 42.1 Å². The van der Waals surface area contributed by atoms with E-state index >= 15 is 0 Å². The van der Waals surface area contributed by atoms with Gasteiger partial charge >= 0.3 is 11.9 Å². The topological polar surface area (TPSA) is 393 Å². The van der Waals surface area contributed by atoms with Crippen LogP contribution in [-0.2, 0) is 68.5 Å². The molecule has 0 heterocycles. The summed E-state index contributed by atoms with van der Waals surface area (Å²) < 4.78 is 21.9. The summed E-state index contributed by atoms with van der Waals surface area (Å²) in [6.07, 6.45) is 19.1. The summed E-state index contributed by atoms with van der Waals surface area (Å²) >= 11 is 0. The number of primary amides is 1. The Morgan fingerprint density at radius 2 is 1.14 bits per heavy atom. The molecule has 0 aromatic heterocycles. The number of carboxylic acid groups (broad SMARTS) is 2. The molecule has 13 N–H and O–H groups in total. The predicted molar refractivity (Wildman–Crippen MR) is 359 cm³/mol. The van der Waals surface area contributed by atoms with Gasteiger partial charge in [-0.25, -0.2) is 4.79 Å². The molecular formula is C66H123N9O16. The number of likely N-dealkylation sites (N-methyl/N-ethyl adjacent to an activating group) is 1. The average molecular weight is 1300 g/mol. The van der Waals surface area contributed by atoms with E-state index in [1.165, 1.54) is 68.4 Å². The molecule has 0 aliphatic heterocycles. The van der Waals surface area contributed by atoms with Crippen molar-refractivity contribution in [2.75, 3.05) is 86.1 Å². The minimum atomic E-state index is -1.11. The summed E-state index contributed by atoms with van der Waals surface area (Å²) in [5.74, 6) is -6.82. The van der Waals surface area contributed by atoms with Crippen molar-refractivity contribution < 1.29 is 84.6 Å². The third-order valence-electron chi connectivity index (χ3n) is 15.4. The number of nitrogens with two attached hydrogens (primary N) is 3. The molecule has 0 fully saturated rings. The van der Waals surface area contributed by atoms with Crippen molar-refractivity contribution in [3.8, 4) is 5.75 Å². The second-order valence-corrected chi connectivity index (χ2v) is 24.0. The van der Waals surface area contributed by atoms with Crippen LogP contribution in [0.25, 0.3) is 0 Å². The number of amides is 5. The Hall–Kier alpha value is -6.70. The number of Topliss-reactive ketones (excluding diaryl/α,β-unsaturated/α-hetero) is 2. The molecule has 1 rings (SSSR count). The van der Waals surface area contributed by atoms with Gasteiger partial charge in [-0.05, 0) is 75.0 Å². The molecule has 5 amide bonds. The number of nitrogens with one attached hydrogen (secondary N) is 4. The number of nitrogens with zero attached hydrogens (tertiary/aromatic N) is 2. The van der Waals surface area contributed by atoms with Gasteiger partial charge in [-0.15, -0.1) is 0 Å². The van der Waals surface area contributed by atoms with E-state index < -0.39 is 53.6 Å². The molecule has 0 bridgehead atoms. The summed E-state index contributed by atoms with van der Waals surface area (Å²) in [6.45, 7) is 11.2. The first-order valence-electron chi connectivity index (χ1n) is 33.0. The predicted octanol–water partition coefficient (Wildman–Crippen LogP) is 7.22. The van der Waals surface area contributed by atoms with Crippen molar-refractivity contribution >= 4 is 59.0 Å². The molecule has 0 aliphatic carbocycles. The number of unbranched alkanes of at least 4 members (excludes halogenated alkanes) is 14. The Labute approximate surface area is 547 Å². The van der Waals surface area contributed by atoms with Crippen molar-refractivity contribution in [1.82, 2.24) is 26.2 Å². The zero-order chi connectivity index (χ0) is 67.6. The number of rotatable bonds is 60. The summed E-state index contributed by atoms with van der Waals surface area (Å²) in [4.78, 5) is 119. The van der Waals surface area contributed by atoms with Gasteiger partial charge in [0.15, 0.2) is 5.96 Å². The van der Waals surface area contributed by atoms with Crippen LogP contribution in [0.15, 0.2) is 41.5 Å². The molecule has 25 heteroatoms. The number of phenolic OH excluding ortho intramolecular Hbond substituents is 1. The maximum absolute atomic E-state index is 14.3. The number of aromatic hydroxyl groups is 1. The highest BCUT2D eigenvalue weighted by molar-refractivity contribution is 5.94. The lowest BCUT2D eigenvalue weighted by Gasteiger charge is -2.28. The molecule has 0 saturated carbocycles. The molecule has 1 aromatic carbocycles. The maximum atomic E-state index is 14.3. The molecule has 0 saturated heterocycles. The lowest BCUT2D eigenvalue weighted by molar-refractivity contribution is -0.140. The Morgan fingerprint density at radius 1 is 0.604 bits per heavy atom. The molecule has 0 aliphatic rings. The monoisotopic (exact) mass is 1300 g/mol. The number of allylic oxidation sites excluding steroid dienone is 1. The average Bonchev–Trinajstić information content (AvgIpc) is 0.851. The molecule has 0 spiro atoms. The van der Waals surface area contributed by atoms with Crippen LogP contribution in [0.3, 0.4) is 0 Å². The number of ketones is 2. The van der Waals surface area contributed by atoms with Crippen LogP contribution in [0, 0.1) is 23.7 Å². The van der Waals surface area contributed by atoms with E-state index in [2.05, 4.69) is 32.8 Å². The molecule has 25 nitrogen and oxygen atoms in total. The highest BCUT2D eigenvalue weighted by Gasteiger charge is 2.36. The third kappa shape index (κ3) is 44.4. The molecule has 0 radical (unpaired) electrons. The number of guanidine groups is 1. The number of ether oxygens (including phenoxy) is 4. The fraction of sp³-hybridized carbons (Fsp3) is 0.727. The third-order valence-corrected chi connectivity index (χ3v) is 15.4. The molecule has 1 unspecified atom stereocenters. The van der Waals surface area contributed by atoms with E-state index in [1.807, 2.05) is 13.8 Å². The van der Waals surface area contributed by atoms with Gasteiger partial charge in [0.05, 0.1) is 39.6 Å². The first-order valence-corrected chi connectivity index (χ1v) is 33.0.